The molecule has 1 heterocycles. The highest BCUT2D eigenvalue weighted by Crippen LogP contribution is 2.19. The molecule has 1 fully saturated rings. The zero-order valence-corrected chi connectivity index (χ0v) is 16.2. The molecule has 2 aromatic carbocycles. The fourth-order valence-electron chi connectivity index (χ4n) is 2.97. The Labute approximate surface area is 168 Å². The van der Waals surface area contributed by atoms with E-state index >= 15 is 0 Å². The van der Waals surface area contributed by atoms with Crippen LogP contribution in [0.4, 0.5) is 20.6 Å². The molecule has 0 radical (unpaired) electrons. The molecule has 0 aromatic heterocycles. The lowest BCUT2D eigenvalue weighted by molar-refractivity contribution is -0.117. The van der Waals surface area contributed by atoms with E-state index in [0.29, 0.717) is 31.2 Å². The van der Waals surface area contributed by atoms with Crippen LogP contribution in [-0.2, 0) is 4.79 Å². The summed E-state index contributed by atoms with van der Waals surface area (Å²) in [7, 11) is 0. The van der Waals surface area contributed by atoms with Crippen molar-refractivity contribution < 1.29 is 14.0 Å². The maximum atomic E-state index is 13.6. The molecular weight excluding hydrogens is 383 g/mol. The van der Waals surface area contributed by atoms with E-state index in [1.165, 1.54) is 12.1 Å². The quantitative estimate of drug-likeness (QED) is 0.821. The number of carbonyl (C=O) groups is 2. The largest absolute Gasteiger partial charge is 0.368 e. The molecular formula is C20H22ClFN4O2. The molecule has 2 aromatic rings. The first-order valence-corrected chi connectivity index (χ1v) is 9.43. The Bertz CT molecular complexity index is 838. The highest BCUT2D eigenvalue weighted by molar-refractivity contribution is 6.30. The molecule has 8 heteroatoms. The van der Waals surface area contributed by atoms with Crippen molar-refractivity contribution in [2.45, 2.75) is 13.0 Å². The van der Waals surface area contributed by atoms with Crippen molar-refractivity contribution in [2.75, 3.05) is 36.4 Å². The van der Waals surface area contributed by atoms with Crippen LogP contribution in [0, 0.1) is 5.82 Å². The van der Waals surface area contributed by atoms with Crippen molar-refractivity contribution in [2.24, 2.45) is 0 Å². The summed E-state index contributed by atoms with van der Waals surface area (Å²) in [4.78, 5) is 28.5. The van der Waals surface area contributed by atoms with Crippen molar-refractivity contribution in [3.63, 3.8) is 0 Å². The van der Waals surface area contributed by atoms with Crippen molar-refractivity contribution in [3.05, 3.63) is 59.4 Å². The third-order valence-corrected chi connectivity index (χ3v) is 4.88. The number of piperazine rings is 1. The summed E-state index contributed by atoms with van der Waals surface area (Å²) in [5.74, 6) is -0.994. The standard InChI is InChI=1S/C20H22ClFN4O2/c1-14(19(27)24-18-5-3-2-4-17(18)22)23-20(28)26-12-10-25(11-13-26)16-8-6-15(21)7-9-16/h2-9,14H,10-13H2,1H3,(H,23,28)(H,24,27). The van der Waals surface area contributed by atoms with E-state index in [0.717, 1.165) is 5.69 Å². The third kappa shape index (κ3) is 4.92. The van der Waals surface area contributed by atoms with Gasteiger partial charge in [-0.05, 0) is 43.3 Å². The molecule has 1 saturated heterocycles. The molecule has 1 aliphatic heterocycles. The van der Waals surface area contributed by atoms with Gasteiger partial charge in [0.1, 0.15) is 11.9 Å². The molecule has 1 unspecified atom stereocenters. The minimum absolute atomic E-state index is 0.0881. The number of hydrogen-bond donors (Lipinski definition) is 2. The van der Waals surface area contributed by atoms with Gasteiger partial charge in [0.15, 0.2) is 0 Å². The van der Waals surface area contributed by atoms with Crippen LogP contribution in [0.2, 0.25) is 5.02 Å². The smallest absolute Gasteiger partial charge is 0.318 e. The summed E-state index contributed by atoms with van der Waals surface area (Å²) in [5.41, 5.74) is 1.15. The second kappa shape index (κ2) is 8.93. The van der Waals surface area contributed by atoms with E-state index in [9.17, 15) is 14.0 Å². The van der Waals surface area contributed by atoms with Gasteiger partial charge in [0.25, 0.3) is 0 Å². The fraction of sp³-hybridized carbons (Fsp3) is 0.300. The number of hydrogen-bond acceptors (Lipinski definition) is 3. The van der Waals surface area contributed by atoms with E-state index in [1.807, 2.05) is 24.3 Å². The van der Waals surface area contributed by atoms with E-state index < -0.39 is 17.8 Å². The van der Waals surface area contributed by atoms with Crippen LogP contribution in [0.15, 0.2) is 48.5 Å². The van der Waals surface area contributed by atoms with Crippen molar-refractivity contribution in [1.29, 1.82) is 0 Å². The molecule has 0 aliphatic carbocycles. The number of carbonyl (C=O) groups excluding carboxylic acids is 2. The number of amides is 3. The fourth-order valence-corrected chi connectivity index (χ4v) is 3.09. The molecule has 3 amide bonds. The molecule has 0 saturated carbocycles. The normalized spacial score (nSPS) is 15.1. The molecule has 1 aliphatic rings. The average Bonchev–Trinajstić information content (AvgIpc) is 2.70. The van der Waals surface area contributed by atoms with E-state index in [2.05, 4.69) is 15.5 Å². The van der Waals surface area contributed by atoms with Crippen molar-refractivity contribution in [3.8, 4) is 0 Å². The third-order valence-electron chi connectivity index (χ3n) is 4.62. The Morgan fingerprint density at radius 1 is 1.04 bits per heavy atom. The van der Waals surface area contributed by atoms with Crippen LogP contribution in [0.1, 0.15) is 6.92 Å². The number of halogens is 2. The lowest BCUT2D eigenvalue weighted by Crippen LogP contribution is -2.54. The number of nitrogens with one attached hydrogen (secondary N) is 2. The number of nitrogens with zero attached hydrogens (tertiary/aromatic N) is 2. The summed E-state index contributed by atoms with van der Waals surface area (Å²) < 4.78 is 13.6. The molecule has 2 N–H and O–H groups in total. The predicted octanol–water partition coefficient (Wildman–Crippen LogP) is 3.34. The van der Waals surface area contributed by atoms with Gasteiger partial charge in [-0.3, -0.25) is 4.79 Å². The van der Waals surface area contributed by atoms with Crippen LogP contribution in [0.3, 0.4) is 0 Å². The molecule has 1 atom stereocenters. The predicted molar refractivity (Wildman–Crippen MR) is 108 cm³/mol. The lowest BCUT2D eigenvalue weighted by atomic mass is 10.2. The molecule has 3 rings (SSSR count). The number of anilines is 2. The number of para-hydroxylation sites is 1. The number of rotatable bonds is 4. The Balaban J connectivity index is 1.49. The summed E-state index contributed by atoms with van der Waals surface area (Å²) in [6.07, 6.45) is 0. The second-order valence-corrected chi connectivity index (χ2v) is 7.03. The first-order valence-electron chi connectivity index (χ1n) is 9.05. The summed E-state index contributed by atoms with van der Waals surface area (Å²) in [6, 6.07) is 12.4. The van der Waals surface area contributed by atoms with Gasteiger partial charge in [-0.1, -0.05) is 23.7 Å². The minimum atomic E-state index is -0.790. The van der Waals surface area contributed by atoms with Gasteiger partial charge >= 0.3 is 6.03 Å². The van der Waals surface area contributed by atoms with Gasteiger partial charge in [-0.25, -0.2) is 9.18 Å². The first-order chi connectivity index (χ1) is 13.4. The number of benzene rings is 2. The van der Waals surface area contributed by atoms with E-state index in [4.69, 9.17) is 11.6 Å². The highest BCUT2D eigenvalue weighted by Gasteiger charge is 2.24. The zero-order chi connectivity index (χ0) is 20.1. The van der Waals surface area contributed by atoms with Crippen molar-refractivity contribution in [1.82, 2.24) is 10.2 Å². The van der Waals surface area contributed by atoms with E-state index in [1.54, 1.807) is 24.0 Å². The molecule has 148 valence electrons. The van der Waals surface area contributed by atoms with Gasteiger partial charge < -0.3 is 20.4 Å². The van der Waals surface area contributed by atoms with Crippen LogP contribution in [-0.4, -0.2) is 49.1 Å². The SMILES string of the molecule is CC(NC(=O)N1CCN(c2ccc(Cl)cc2)CC1)C(=O)Nc1ccccc1F. The zero-order valence-electron chi connectivity index (χ0n) is 15.5. The second-order valence-electron chi connectivity index (χ2n) is 6.59. The lowest BCUT2D eigenvalue weighted by Gasteiger charge is -2.36. The van der Waals surface area contributed by atoms with Gasteiger partial charge in [-0.15, -0.1) is 0 Å². The summed E-state index contributed by atoms with van der Waals surface area (Å²) >= 11 is 5.92. The van der Waals surface area contributed by atoms with Gasteiger partial charge in [0, 0.05) is 36.9 Å². The van der Waals surface area contributed by atoms with Crippen LogP contribution in [0.5, 0.6) is 0 Å². The van der Waals surface area contributed by atoms with Crippen LogP contribution < -0.4 is 15.5 Å². The maximum absolute atomic E-state index is 13.6. The Hall–Kier alpha value is -2.80. The highest BCUT2D eigenvalue weighted by atomic mass is 35.5. The molecule has 0 bridgehead atoms. The Morgan fingerprint density at radius 2 is 1.68 bits per heavy atom. The van der Waals surface area contributed by atoms with E-state index in [-0.39, 0.29) is 11.7 Å². The maximum Gasteiger partial charge on any atom is 0.318 e. The summed E-state index contributed by atoms with van der Waals surface area (Å²) in [5, 5.41) is 5.84. The van der Waals surface area contributed by atoms with Crippen LogP contribution >= 0.6 is 11.6 Å². The Kier molecular flexibility index (Phi) is 6.36. The topological polar surface area (TPSA) is 64.7 Å². The van der Waals surface area contributed by atoms with Gasteiger partial charge in [0.2, 0.25) is 5.91 Å². The average molecular weight is 405 g/mol. The Morgan fingerprint density at radius 3 is 2.32 bits per heavy atom. The van der Waals surface area contributed by atoms with Crippen molar-refractivity contribution >= 4 is 34.9 Å². The molecule has 28 heavy (non-hydrogen) atoms. The van der Waals surface area contributed by atoms with Gasteiger partial charge in [-0.2, -0.15) is 0 Å². The van der Waals surface area contributed by atoms with Gasteiger partial charge in [0.05, 0.1) is 5.69 Å². The van der Waals surface area contributed by atoms with Crippen LogP contribution in [0.25, 0.3) is 0 Å². The number of urea groups is 1. The monoisotopic (exact) mass is 404 g/mol. The molecule has 0 spiro atoms. The first kappa shape index (κ1) is 19.9. The molecule has 6 nitrogen and oxygen atoms in total. The summed E-state index contributed by atoms with van der Waals surface area (Å²) in [6.45, 7) is 4.01. The minimum Gasteiger partial charge on any atom is -0.368 e.